The van der Waals surface area contributed by atoms with Gasteiger partial charge in [0.2, 0.25) is 0 Å². The molecule has 2 aromatic heterocycles. The summed E-state index contributed by atoms with van der Waals surface area (Å²) in [6.45, 7) is 1.93. The molecule has 1 saturated heterocycles. The summed E-state index contributed by atoms with van der Waals surface area (Å²) in [6.07, 6.45) is 13.4. The van der Waals surface area contributed by atoms with Crippen molar-refractivity contribution in [1.29, 1.82) is 0 Å². The number of pyridine rings is 1. The molecule has 4 heterocycles. The van der Waals surface area contributed by atoms with Crippen molar-refractivity contribution in [3.05, 3.63) is 71.4 Å². The summed E-state index contributed by atoms with van der Waals surface area (Å²) in [5.41, 5.74) is 4.17. The van der Waals surface area contributed by atoms with Gasteiger partial charge in [-0.25, -0.2) is 9.38 Å². The second-order valence-corrected chi connectivity index (χ2v) is 12.6. The van der Waals surface area contributed by atoms with Gasteiger partial charge in [-0.15, -0.1) is 0 Å². The summed E-state index contributed by atoms with van der Waals surface area (Å²) in [5.74, 6) is -0.410. The Bertz CT molecular complexity index is 1580. The molecule has 2 saturated carbocycles. The molecule has 7 rings (SSSR count). The molecular weight excluding hydrogens is 545 g/mol. The molecule has 8 nitrogen and oxygen atoms in total. The smallest absolute Gasteiger partial charge is 0.269 e. The summed E-state index contributed by atoms with van der Waals surface area (Å²) in [5, 5.41) is 10.5. The maximum Gasteiger partial charge on any atom is 0.269 e. The number of hydrogen-bond donors (Lipinski definition) is 2. The lowest BCUT2D eigenvalue weighted by molar-refractivity contribution is -0.124. The number of carbonyl (C=O) groups excluding carboxylic acids is 2. The average molecular weight is 582 g/mol. The topological polar surface area (TPSA) is 109 Å². The van der Waals surface area contributed by atoms with E-state index in [-0.39, 0.29) is 28.8 Å². The number of H-pyrrole nitrogens is 1. The van der Waals surface area contributed by atoms with Crippen LogP contribution in [0.15, 0.2) is 53.7 Å². The molecule has 3 atom stereocenters. The molecule has 3 unspecified atom stereocenters. The Morgan fingerprint density at radius 2 is 2.02 bits per heavy atom. The van der Waals surface area contributed by atoms with Gasteiger partial charge in [-0.05, 0) is 73.3 Å². The van der Waals surface area contributed by atoms with E-state index in [1.165, 1.54) is 12.1 Å². The first-order valence-electron chi connectivity index (χ1n) is 15.4. The monoisotopic (exact) mass is 581 g/mol. The standard InChI is InChI=1S/C34H36FN5O3/c35-24-7-3-6-22(15-24)23-8-9-25(36-19-23)10-11-26-29-27(16-34(17-28(29)41)12-1-2-13-34)38-32-30(26)31(39-40-32)33(42)37-18-21-5-4-14-43-20-21/h3,6-11,15,19,21,26,29H,1-2,4-5,12-14,16-18,20H2,(H,37,42)(H,39,40)/b11-10+. The molecule has 222 valence electrons. The first-order valence-corrected chi connectivity index (χ1v) is 15.4. The number of ketones is 1. The number of hydrogen-bond acceptors (Lipinski definition) is 6. The van der Waals surface area contributed by atoms with Crippen LogP contribution in [0, 0.1) is 23.1 Å². The Balaban J connectivity index is 1.19. The lowest BCUT2D eigenvalue weighted by Crippen LogP contribution is -2.43. The first-order chi connectivity index (χ1) is 21.0. The Labute approximate surface area is 250 Å². The molecule has 43 heavy (non-hydrogen) atoms. The quantitative estimate of drug-likeness (QED) is 0.361. The summed E-state index contributed by atoms with van der Waals surface area (Å²) in [6, 6.07) is 10.2. The van der Waals surface area contributed by atoms with E-state index in [9.17, 15) is 14.0 Å². The van der Waals surface area contributed by atoms with Crippen molar-refractivity contribution in [3.8, 4) is 11.1 Å². The van der Waals surface area contributed by atoms with Gasteiger partial charge in [-0.3, -0.25) is 19.7 Å². The van der Waals surface area contributed by atoms with Crippen molar-refractivity contribution >= 4 is 29.3 Å². The summed E-state index contributed by atoms with van der Waals surface area (Å²) >= 11 is 0. The molecule has 0 bridgehead atoms. The Morgan fingerprint density at radius 3 is 2.79 bits per heavy atom. The van der Waals surface area contributed by atoms with Crippen LogP contribution in [0.4, 0.5) is 10.2 Å². The van der Waals surface area contributed by atoms with E-state index >= 15 is 0 Å². The molecule has 1 aromatic carbocycles. The molecule has 2 N–H and O–H groups in total. The van der Waals surface area contributed by atoms with Gasteiger partial charge in [0.1, 0.15) is 17.3 Å². The van der Waals surface area contributed by atoms with Crippen LogP contribution in [0.3, 0.4) is 0 Å². The van der Waals surface area contributed by atoms with Gasteiger partial charge in [0.25, 0.3) is 5.91 Å². The molecule has 3 aromatic rings. The van der Waals surface area contributed by atoms with Crippen molar-refractivity contribution in [1.82, 2.24) is 20.5 Å². The third kappa shape index (κ3) is 5.58. The van der Waals surface area contributed by atoms with Crippen molar-refractivity contribution in [3.63, 3.8) is 0 Å². The number of aromatic amines is 1. The second-order valence-electron chi connectivity index (χ2n) is 12.6. The number of carbonyl (C=O) groups is 2. The van der Waals surface area contributed by atoms with Crippen LogP contribution >= 0.6 is 0 Å². The van der Waals surface area contributed by atoms with Gasteiger partial charge in [0.05, 0.1) is 18.2 Å². The van der Waals surface area contributed by atoms with Crippen LogP contribution < -0.4 is 5.32 Å². The molecule has 9 heteroatoms. The van der Waals surface area contributed by atoms with Gasteiger partial charge in [0.15, 0.2) is 5.82 Å². The van der Waals surface area contributed by atoms with E-state index < -0.39 is 11.8 Å². The van der Waals surface area contributed by atoms with Crippen LogP contribution in [0.1, 0.15) is 79.0 Å². The highest BCUT2D eigenvalue weighted by Crippen LogP contribution is 2.53. The zero-order valence-electron chi connectivity index (χ0n) is 24.2. The molecule has 3 fully saturated rings. The molecule has 4 aliphatic rings. The summed E-state index contributed by atoms with van der Waals surface area (Å²) in [7, 11) is 0. The number of allylic oxidation sites excluding steroid dienone is 1. The number of nitrogens with zero attached hydrogens (tertiary/aromatic N) is 3. The minimum atomic E-state index is -0.433. The van der Waals surface area contributed by atoms with E-state index in [2.05, 4.69) is 20.5 Å². The predicted octanol–water partition coefficient (Wildman–Crippen LogP) is 6.19. The Morgan fingerprint density at radius 1 is 1.14 bits per heavy atom. The van der Waals surface area contributed by atoms with Crippen molar-refractivity contribution in [2.75, 3.05) is 19.8 Å². The number of rotatable bonds is 6. The minimum Gasteiger partial charge on any atom is -0.381 e. The number of benzene rings is 1. The molecule has 1 amide bonds. The predicted molar refractivity (Wildman–Crippen MR) is 162 cm³/mol. The van der Waals surface area contributed by atoms with Crippen molar-refractivity contribution in [2.45, 2.75) is 57.3 Å². The van der Waals surface area contributed by atoms with Crippen LogP contribution in [-0.4, -0.2) is 52.3 Å². The third-order valence-electron chi connectivity index (χ3n) is 9.65. The second kappa shape index (κ2) is 11.6. The molecule has 2 aliphatic carbocycles. The molecular formula is C34H36FN5O3. The van der Waals surface area contributed by atoms with Crippen LogP contribution in [0.25, 0.3) is 17.2 Å². The zero-order chi connectivity index (χ0) is 29.4. The van der Waals surface area contributed by atoms with Gasteiger partial charge in [0, 0.05) is 48.5 Å². The van der Waals surface area contributed by atoms with E-state index in [1.54, 1.807) is 12.3 Å². The zero-order valence-corrected chi connectivity index (χ0v) is 24.2. The van der Waals surface area contributed by atoms with Crippen LogP contribution in [-0.2, 0) is 9.53 Å². The number of nitrogens with one attached hydrogen (secondary N) is 2. The number of ether oxygens (including phenoxy) is 1. The van der Waals surface area contributed by atoms with Gasteiger partial charge in [-0.1, -0.05) is 37.1 Å². The highest BCUT2D eigenvalue weighted by atomic mass is 19.1. The maximum atomic E-state index is 13.9. The van der Waals surface area contributed by atoms with Gasteiger partial charge in [-0.2, -0.15) is 5.10 Å². The lowest BCUT2D eigenvalue weighted by atomic mass is 9.63. The fourth-order valence-electron chi connectivity index (χ4n) is 7.48. The molecule has 2 aliphatic heterocycles. The Kier molecular flexibility index (Phi) is 7.51. The van der Waals surface area contributed by atoms with Gasteiger partial charge < -0.3 is 10.1 Å². The summed E-state index contributed by atoms with van der Waals surface area (Å²) in [4.78, 5) is 36.9. The van der Waals surface area contributed by atoms with Crippen molar-refractivity contribution in [2.24, 2.45) is 22.2 Å². The van der Waals surface area contributed by atoms with Crippen LogP contribution in [0.2, 0.25) is 0 Å². The molecule has 0 radical (unpaired) electrons. The normalized spacial score (nSPS) is 24.5. The van der Waals surface area contributed by atoms with E-state index in [4.69, 9.17) is 9.73 Å². The molecule has 1 spiro atoms. The Hall–Kier alpha value is -3.98. The maximum absolute atomic E-state index is 13.9. The highest BCUT2D eigenvalue weighted by molar-refractivity contribution is 6.11. The van der Waals surface area contributed by atoms with E-state index in [1.807, 2.05) is 30.4 Å². The largest absolute Gasteiger partial charge is 0.381 e. The first kappa shape index (κ1) is 27.8. The van der Waals surface area contributed by atoms with E-state index in [0.29, 0.717) is 42.3 Å². The number of Topliss-reactive ketones (excluding diaryl/α,β-unsaturated/α-hetero) is 1. The average Bonchev–Trinajstić information content (AvgIpc) is 3.66. The summed E-state index contributed by atoms with van der Waals surface area (Å²) < 4.78 is 19.3. The highest BCUT2D eigenvalue weighted by Gasteiger charge is 2.50. The number of aliphatic imine (C=N–C) groups is 1. The van der Waals surface area contributed by atoms with Crippen LogP contribution in [0.5, 0.6) is 0 Å². The third-order valence-corrected chi connectivity index (χ3v) is 9.65. The van der Waals surface area contributed by atoms with E-state index in [0.717, 1.165) is 68.4 Å². The lowest BCUT2D eigenvalue weighted by Gasteiger charge is -2.41. The van der Waals surface area contributed by atoms with Crippen molar-refractivity contribution < 1.29 is 18.7 Å². The number of amides is 1. The minimum absolute atomic E-state index is 0.00502. The number of aromatic nitrogens is 3. The fourth-order valence-corrected chi connectivity index (χ4v) is 7.48. The number of halogens is 1. The SMILES string of the molecule is O=C(NCC1CCCOC1)c1[nH]nc2c1C(/C=C/c1ccc(-c3cccc(F)c3)cn1)C1C(=O)CC3(CCCC3)CC1=N2. The number of fused-ring (bicyclic) bond motifs is 2. The van der Waals surface area contributed by atoms with Gasteiger partial charge >= 0.3 is 0 Å². The fraction of sp³-hybridized carbons (Fsp3) is 0.441.